The highest BCUT2D eigenvalue weighted by atomic mass is 28.4. The van der Waals surface area contributed by atoms with E-state index in [9.17, 15) is 5.11 Å². The number of ether oxygens (including phenoxy) is 1. The lowest BCUT2D eigenvalue weighted by Crippen LogP contribution is -2.54. The number of hydrogen-bond donors (Lipinski definition) is 2. The number of nitrogen functional groups attached to an aromatic ring is 1. The second kappa shape index (κ2) is 15.0. The van der Waals surface area contributed by atoms with E-state index >= 15 is 0 Å². The Morgan fingerprint density at radius 1 is 0.782 bits per heavy atom. The molecule has 4 atom stereocenters. The van der Waals surface area contributed by atoms with Gasteiger partial charge in [-0.25, -0.2) is 15.0 Å². The van der Waals surface area contributed by atoms with Crippen molar-refractivity contribution in [2.45, 2.75) is 141 Å². The van der Waals surface area contributed by atoms with E-state index < -0.39 is 49.5 Å². The Kier molecular flexibility index (Phi) is 11.7. The van der Waals surface area contributed by atoms with Gasteiger partial charge in [0.1, 0.15) is 30.4 Å². The predicted octanol–water partition coefficient (Wildman–Crippen LogP) is 10.2. The number of imidazole rings is 1. The number of phenols is 1. The molecule has 11 nitrogen and oxygen atoms in total. The Morgan fingerprint density at radius 2 is 1.35 bits per heavy atom. The number of fused-ring (bicyclic) bond motifs is 1. The van der Waals surface area contributed by atoms with Gasteiger partial charge in [-0.3, -0.25) is 4.57 Å². The number of benzene rings is 2. The highest BCUT2D eigenvalue weighted by molar-refractivity contribution is 6.75. The number of nitrogens with zero attached hydrogens (tertiary/aromatic N) is 5. The highest BCUT2D eigenvalue weighted by Gasteiger charge is 2.56. The maximum Gasteiger partial charge on any atom is 0.214 e. The molecule has 5 rings (SSSR count). The Labute approximate surface area is 332 Å². The van der Waals surface area contributed by atoms with Crippen LogP contribution in [-0.4, -0.2) is 81.5 Å². The first kappa shape index (κ1) is 43.0. The van der Waals surface area contributed by atoms with Crippen LogP contribution >= 0.6 is 0 Å². The average molecular weight is 807 g/mol. The summed E-state index contributed by atoms with van der Waals surface area (Å²) in [5.41, 5.74) is 10.4. The van der Waals surface area contributed by atoms with Crippen LogP contribution in [0.25, 0.3) is 22.3 Å². The van der Waals surface area contributed by atoms with Crippen molar-refractivity contribution in [1.82, 2.24) is 19.5 Å². The molecule has 2 aromatic carbocycles. The third kappa shape index (κ3) is 8.75. The minimum absolute atomic E-state index is 0.0130. The summed E-state index contributed by atoms with van der Waals surface area (Å²) in [6.45, 7) is 34.4. The average Bonchev–Trinajstić information content (AvgIpc) is 3.60. The first-order valence-electron chi connectivity index (χ1n) is 19.4. The Morgan fingerprint density at radius 3 is 1.89 bits per heavy atom. The summed E-state index contributed by atoms with van der Waals surface area (Å²) in [5, 5.41) is 9.97. The summed E-state index contributed by atoms with van der Waals surface area (Å²) in [5.74, 6) is 1.09. The molecule has 55 heavy (non-hydrogen) atoms. The molecule has 1 saturated heterocycles. The molecule has 1 fully saturated rings. The van der Waals surface area contributed by atoms with Crippen LogP contribution in [0.3, 0.4) is 0 Å². The van der Waals surface area contributed by atoms with Crippen LogP contribution in [0.15, 0.2) is 54.9 Å². The molecule has 3 N–H and O–H groups in total. The molecule has 0 bridgehead atoms. The first-order valence-corrected chi connectivity index (χ1v) is 28.1. The van der Waals surface area contributed by atoms with Crippen molar-refractivity contribution in [2.75, 3.05) is 24.3 Å². The van der Waals surface area contributed by atoms with Gasteiger partial charge in [0.25, 0.3) is 0 Å². The largest absolute Gasteiger partial charge is 0.508 e. The lowest BCUT2D eigenvalue weighted by atomic mass is 10.1. The summed E-state index contributed by atoms with van der Waals surface area (Å²) in [4.78, 5) is 16.2. The Balaban J connectivity index is 1.69. The van der Waals surface area contributed by atoms with Gasteiger partial charge in [0.2, 0.25) is 5.95 Å². The maximum atomic E-state index is 10.1. The fourth-order valence-electron chi connectivity index (χ4n) is 5.92. The van der Waals surface area contributed by atoms with Crippen molar-refractivity contribution in [3.63, 3.8) is 0 Å². The third-order valence-electron chi connectivity index (χ3n) is 12.6. The van der Waals surface area contributed by atoms with Crippen molar-refractivity contribution in [1.29, 1.82) is 0 Å². The van der Waals surface area contributed by atoms with E-state index in [1.807, 2.05) is 52.9 Å². The van der Waals surface area contributed by atoms with E-state index in [1.54, 1.807) is 12.1 Å². The van der Waals surface area contributed by atoms with Gasteiger partial charge in [0.05, 0.1) is 6.61 Å². The van der Waals surface area contributed by atoms with Gasteiger partial charge >= 0.3 is 0 Å². The molecular weight excluding hydrogens is 741 g/mol. The molecule has 0 unspecified atom stereocenters. The third-order valence-corrected chi connectivity index (χ3v) is 26.1. The number of aromatic nitrogens is 4. The maximum absolute atomic E-state index is 10.1. The Hall–Kier alpha value is -3.12. The fourth-order valence-corrected chi connectivity index (χ4v) is 9.54. The van der Waals surface area contributed by atoms with Gasteiger partial charge in [0, 0.05) is 12.7 Å². The minimum Gasteiger partial charge on any atom is -0.508 e. The van der Waals surface area contributed by atoms with Gasteiger partial charge in [-0.05, 0) is 89.8 Å². The topological polar surface area (TPSA) is 130 Å². The van der Waals surface area contributed by atoms with Gasteiger partial charge in [-0.1, -0.05) is 86.6 Å². The monoisotopic (exact) mass is 806 g/mol. The summed E-state index contributed by atoms with van der Waals surface area (Å²) in [6.07, 6.45) is -0.582. The second-order valence-corrected chi connectivity index (χ2v) is 34.0. The summed E-state index contributed by atoms with van der Waals surface area (Å²) in [6, 6.07) is 15.4. The normalized spacial score (nSPS) is 20.4. The predicted molar refractivity (Wildman–Crippen MR) is 233 cm³/mol. The molecule has 0 saturated carbocycles. The molecule has 2 aromatic heterocycles. The number of aromatic hydroxyl groups is 1. The van der Waals surface area contributed by atoms with Gasteiger partial charge in [-0.2, -0.15) is 0 Å². The number of nitrogens with two attached hydrogens (primary N) is 1. The van der Waals surface area contributed by atoms with Gasteiger partial charge in [-0.15, -0.1) is 0 Å². The molecule has 3 heterocycles. The number of anilines is 3. The molecule has 14 heteroatoms. The quantitative estimate of drug-likeness (QED) is 0.141. The van der Waals surface area contributed by atoms with Gasteiger partial charge < -0.3 is 33.8 Å². The van der Waals surface area contributed by atoms with Crippen LogP contribution in [0.1, 0.15) is 68.5 Å². The van der Waals surface area contributed by atoms with Crippen molar-refractivity contribution in [2.24, 2.45) is 0 Å². The lowest BCUT2D eigenvalue weighted by molar-refractivity contribution is -0.0462. The summed E-state index contributed by atoms with van der Waals surface area (Å²) >= 11 is 0. The van der Waals surface area contributed by atoms with E-state index in [2.05, 4.69) is 107 Å². The number of phenolic OH excluding ortho intramolecular Hbond substituents is 1. The van der Waals surface area contributed by atoms with Crippen LogP contribution in [0.5, 0.6) is 5.75 Å². The Bertz CT molecular complexity index is 1960. The van der Waals surface area contributed by atoms with E-state index in [4.69, 9.17) is 33.7 Å². The zero-order chi connectivity index (χ0) is 41.1. The lowest BCUT2D eigenvalue weighted by Gasteiger charge is -2.44. The van der Waals surface area contributed by atoms with Crippen LogP contribution in [0, 0.1) is 0 Å². The van der Waals surface area contributed by atoms with Crippen molar-refractivity contribution >= 4 is 53.6 Å². The standard InChI is InChI=1S/C41H66N6O5Si3/c1-39(2,3)53(11,12)49-25-31-33(51-54(13,14)40(4,5)6)34(52-55(15,16)41(7,8)9)37(50-31)47-36-32(35(42)43-26-44-36)45-38(47)46(10)29-22-20-27(21-23-29)28-18-17-19-30(48)24-28/h17-24,26,31,33-34,37,48H,25H2,1-16H3,(H2,42,43,44)/t31-,33-,34-,37-/m1/s1. The molecule has 0 aliphatic carbocycles. The molecule has 0 amide bonds. The van der Waals surface area contributed by atoms with E-state index in [0.717, 1.165) is 16.8 Å². The van der Waals surface area contributed by atoms with E-state index in [1.165, 1.54) is 6.33 Å². The molecule has 1 aliphatic heterocycles. The molecule has 0 spiro atoms. The zero-order valence-electron chi connectivity index (χ0n) is 36.1. The molecular formula is C41H66N6O5Si3. The highest BCUT2D eigenvalue weighted by Crippen LogP contribution is 2.48. The molecule has 0 radical (unpaired) electrons. The number of rotatable bonds is 11. The fraction of sp³-hybridized carbons (Fsp3) is 0.585. The van der Waals surface area contributed by atoms with Crippen molar-refractivity contribution < 1.29 is 23.1 Å². The van der Waals surface area contributed by atoms with E-state index in [-0.39, 0.29) is 26.7 Å². The van der Waals surface area contributed by atoms with E-state index in [0.29, 0.717) is 23.7 Å². The smallest absolute Gasteiger partial charge is 0.214 e. The molecule has 1 aliphatic rings. The van der Waals surface area contributed by atoms with Crippen molar-refractivity contribution in [3.8, 4) is 16.9 Å². The minimum atomic E-state index is -2.44. The van der Waals surface area contributed by atoms with Crippen LogP contribution in [0.4, 0.5) is 17.5 Å². The molecule has 302 valence electrons. The zero-order valence-corrected chi connectivity index (χ0v) is 39.1. The first-order chi connectivity index (χ1) is 25.1. The number of hydrogen-bond acceptors (Lipinski definition) is 10. The van der Waals surface area contributed by atoms with Gasteiger partial charge in [0.15, 0.2) is 48.2 Å². The molecule has 4 aromatic rings. The SMILES string of the molecule is CN(c1ccc(-c2cccc(O)c2)cc1)c1nc2c(N)ncnc2n1[C@@H]1O[C@H](CO[Si](C)(C)C(C)(C)C)[C@@H](O[Si](C)(C)C(C)(C)C)[C@H]1O[Si](C)(C)C(C)(C)C. The van der Waals surface area contributed by atoms with Crippen LogP contribution < -0.4 is 10.6 Å². The van der Waals surface area contributed by atoms with Crippen molar-refractivity contribution in [3.05, 3.63) is 54.9 Å². The summed E-state index contributed by atoms with van der Waals surface area (Å²) in [7, 11) is -5.01. The summed E-state index contributed by atoms with van der Waals surface area (Å²) < 4.78 is 31.2. The van der Waals surface area contributed by atoms with Crippen LogP contribution in [-0.2, 0) is 18.0 Å². The second-order valence-electron chi connectivity index (χ2n) is 19.7. The van der Waals surface area contributed by atoms with Crippen LogP contribution in [0.2, 0.25) is 54.4 Å².